The molecule has 0 spiro atoms. The molecule has 24 heavy (non-hydrogen) atoms. The van der Waals surface area contributed by atoms with E-state index in [0.29, 0.717) is 24.4 Å². The predicted octanol–water partition coefficient (Wildman–Crippen LogP) is 3.33. The molecule has 0 saturated carbocycles. The highest BCUT2D eigenvalue weighted by Gasteiger charge is 2.12. The van der Waals surface area contributed by atoms with Crippen molar-refractivity contribution in [2.24, 2.45) is 0 Å². The number of benzene rings is 1. The van der Waals surface area contributed by atoms with Gasteiger partial charge in [0.05, 0.1) is 11.3 Å². The number of amides is 1. The highest BCUT2D eigenvalue weighted by molar-refractivity contribution is 5.93. The van der Waals surface area contributed by atoms with Crippen LogP contribution in [0, 0.1) is 13.8 Å². The Morgan fingerprint density at radius 2 is 1.92 bits per heavy atom. The van der Waals surface area contributed by atoms with Crippen molar-refractivity contribution in [3.8, 4) is 11.5 Å². The van der Waals surface area contributed by atoms with Crippen molar-refractivity contribution in [2.45, 2.75) is 20.3 Å². The van der Waals surface area contributed by atoms with Gasteiger partial charge in [0.25, 0.3) is 5.91 Å². The quantitative estimate of drug-likeness (QED) is 0.782. The lowest BCUT2D eigenvalue weighted by atomic mass is 10.2. The van der Waals surface area contributed by atoms with Gasteiger partial charge in [-0.25, -0.2) is 4.98 Å². The van der Waals surface area contributed by atoms with E-state index in [9.17, 15) is 4.79 Å². The fraction of sp³-hybridized carbons (Fsp3) is 0.211. The van der Waals surface area contributed by atoms with E-state index in [2.05, 4.69) is 15.3 Å². The minimum Gasteiger partial charge on any atom is -0.441 e. The summed E-state index contributed by atoms with van der Waals surface area (Å²) in [5, 5.41) is 2.88. The Morgan fingerprint density at radius 1 is 1.12 bits per heavy atom. The smallest absolute Gasteiger partial charge is 0.252 e. The number of hydrogen-bond acceptors (Lipinski definition) is 4. The van der Waals surface area contributed by atoms with Crippen molar-refractivity contribution in [2.75, 3.05) is 6.54 Å². The molecule has 3 rings (SSSR count). The van der Waals surface area contributed by atoms with Gasteiger partial charge in [-0.05, 0) is 38.1 Å². The zero-order valence-electron chi connectivity index (χ0n) is 13.7. The van der Waals surface area contributed by atoms with Gasteiger partial charge in [0, 0.05) is 30.4 Å². The molecule has 1 N–H and O–H groups in total. The number of nitrogens with one attached hydrogen (secondary N) is 1. The summed E-state index contributed by atoms with van der Waals surface area (Å²) < 4.78 is 5.72. The normalized spacial score (nSPS) is 10.6. The number of hydrogen-bond donors (Lipinski definition) is 1. The van der Waals surface area contributed by atoms with Gasteiger partial charge in [-0.2, -0.15) is 0 Å². The highest BCUT2D eigenvalue weighted by atomic mass is 16.4. The Hall–Kier alpha value is -2.95. The molecule has 0 bridgehead atoms. The third-order valence-electron chi connectivity index (χ3n) is 3.73. The summed E-state index contributed by atoms with van der Waals surface area (Å²) in [5.41, 5.74) is 3.25. The number of aromatic nitrogens is 2. The molecule has 0 saturated heterocycles. The Kier molecular flexibility index (Phi) is 4.70. The summed E-state index contributed by atoms with van der Waals surface area (Å²) >= 11 is 0. The first-order valence-corrected chi connectivity index (χ1v) is 7.86. The molecule has 0 unspecified atom stereocenters. The first-order valence-electron chi connectivity index (χ1n) is 7.86. The molecule has 5 heteroatoms. The molecular formula is C19H19N3O2. The molecule has 2 aromatic heterocycles. The summed E-state index contributed by atoms with van der Waals surface area (Å²) in [6.07, 6.45) is 2.20. The summed E-state index contributed by atoms with van der Waals surface area (Å²) in [6, 6.07) is 13.4. The minimum absolute atomic E-state index is 0.132. The third kappa shape index (κ3) is 3.68. The molecule has 0 atom stereocenters. The van der Waals surface area contributed by atoms with E-state index in [1.165, 1.54) is 0 Å². The number of nitrogens with zero attached hydrogens (tertiary/aromatic N) is 2. The lowest BCUT2D eigenvalue weighted by molar-refractivity contribution is 0.0953. The first kappa shape index (κ1) is 15.9. The summed E-state index contributed by atoms with van der Waals surface area (Å²) in [7, 11) is 0. The van der Waals surface area contributed by atoms with Crippen molar-refractivity contribution in [3.05, 3.63) is 71.4 Å². The molecule has 0 aliphatic rings. The highest BCUT2D eigenvalue weighted by Crippen LogP contribution is 2.21. The van der Waals surface area contributed by atoms with Crippen molar-refractivity contribution in [1.82, 2.24) is 15.3 Å². The van der Waals surface area contributed by atoms with Crippen LogP contribution in [0.1, 0.15) is 27.5 Å². The van der Waals surface area contributed by atoms with Crippen LogP contribution in [0.3, 0.4) is 0 Å². The molecule has 0 aliphatic carbocycles. The van der Waals surface area contributed by atoms with E-state index in [4.69, 9.17) is 4.42 Å². The summed E-state index contributed by atoms with van der Waals surface area (Å²) in [6.45, 7) is 4.27. The van der Waals surface area contributed by atoms with Gasteiger partial charge in [-0.15, -0.1) is 0 Å². The van der Waals surface area contributed by atoms with Gasteiger partial charge in [0.1, 0.15) is 5.76 Å². The van der Waals surface area contributed by atoms with E-state index in [1.807, 2.05) is 50.2 Å². The molecule has 122 valence electrons. The van der Waals surface area contributed by atoms with E-state index in [1.54, 1.807) is 12.3 Å². The SMILES string of the molecule is Cc1ccc(C(=O)NCCc2nc(-c3ccccc3)oc2C)cn1. The van der Waals surface area contributed by atoms with Gasteiger partial charge >= 0.3 is 0 Å². The molecule has 1 amide bonds. The third-order valence-corrected chi connectivity index (χ3v) is 3.73. The molecular weight excluding hydrogens is 302 g/mol. The Balaban J connectivity index is 1.60. The van der Waals surface area contributed by atoms with Gasteiger partial charge in [-0.3, -0.25) is 9.78 Å². The number of carbonyl (C=O) groups excluding carboxylic acids is 1. The van der Waals surface area contributed by atoms with Crippen molar-refractivity contribution < 1.29 is 9.21 Å². The van der Waals surface area contributed by atoms with E-state index in [-0.39, 0.29) is 5.91 Å². The minimum atomic E-state index is -0.132. The van der Waals surface area contributed by atoms with Crippen LogP contribution in [0.4, 0.5) is 0 Å². The molecule has 5 nitrogen and oxygen atoms in total. The van der Waals surface area contributed by atoms with E-state index in [0.717, 1.165) is 22.7 Å². The Bertz CT molecular complexity index is 824. The summed E-state index contributed by atoms with van der Waals surface area (Å²) in [4.78, 5) is 20.7. The van der Waals surface area contributed by atoms with E-state index < -0.39 is 0 Å². The maximum Gasteiger partial charge on any atom is 0.252 e. The lowest BCUT2D eigenvalue weighted by Gasteiger charge is -2.04. The van der Waals surface area contributed by atoms with Crippen molar-refractivity contribution in [3.63, 3.8) is 0 Å². The second-order valence-electron chi connectivity index (χ2n) is 5.58. The van der Waals surface area contributed by atoms with Crippen LogP contribution < -0.4 is 5.32 Å². The maximum atomic E-state index is 12.1. The number of carbonyl (C=O) groups is 1. The van der Waals surface area contributed by atoms with Crippen LogP contribution in [0.5, 0.6) is 0 Å². The number of rotatable bonds is 5. The van der Waals surface area contributed by atoms with Gasteiger partial charge in [0.15, 0.2) is 0 Å². The second-order valence-corrected chi connectivity index (χ2v) is 5.58. The summed E-state index contributed by atoms with van der Waals surface area (Å²) in [5.74, 6) is 1.25. The Morgan fingerprint density at radius 3 is 2.62 bits per heavy atom. The average Bonchev–Trinajstić information content (AvgIpc) is 2.97. The van der Waals surface area contributed by atoms with Gasteiger partial charge in [-0.1, -0.05) is 18.2 Å². The zero-order valence-corrected chi connectivity index (χ0v) is 13.7. The van der Waals surface area contributed by atoms with Gasteiger partial charge in [0.2, 0.25) is 5.89 Å². The number of aryl methyl sites for hydroxylation is 2. The molecule has 1 aromatic carbocycles. The average molecular weight is 321 g/mol. The van der Waals surface area contributed by atoms with Crippen LogP contribution in [-0.2, 0) is 6.42 Å². The van der Waals surface area contributed by atoms with Crippen molar-refractivity contribution in [1.29, 1.82) is 0 Å². The van der Waals surface area contributed by atoms with E-state index >= 15 is 0 Å². The molecule has 0 fully saturated rings. The fourth-order valence-corrected chi connectivity index (χ4v) is 2.36. The number of oxazole rings is 1. The molecule has 2 heterocycles. The topological polar surface area (TPSA) is 68.0 Å². The van der Waals surface area contributed by atoms with Crippen LogP contribution in [0.2, 0.25) is 0 Å². The lowest BCUT2D eigenvalue weighted by Crippen LogP contribution is -2.26. The van der Waals surface area contributed by atoms with Crippen molar-refractivity contribution >= 4 is 5.91 Å². The standard InChI is InChI=1S/C19H19N3O2/c1-13-8-9-16(12-21-13)18(23)20-11-10-17-14(2)24-19(22-17)15-6-4-3-5-7-15/h3-9,12H,10-11H2,1-2H3,(H,20,23). The first-order chi connectivity index (χ1) is 11.6. The maximum absolute atomic E-state index is 12.1. The van der Waals surface area contributed by atoms with Gasteiger partial charge < -0.3 is 9.73 Å². The monoisotopic (exact) mass is 321 g/mol. The zero-order chi connectivity index (χ0) is 16.9. The Labute approximate surface area is 140 Å². The second kappa shape index (κ2) is 7.08. The van der Waals surface area contributed by atoms with Crippen LogP contribution in [0.15, 0.2) is 53.1 Å². The largest absolute Gasteiger partial charge is 0.441 e. The predicted molar refractivity (Wildman–Crippen MR) is 91.7 cm³/mol. The van der Waals surface area contributed by atoms with Crippen LogP contribution in [-0.4, -0.2) is 22.4 Å². The molecule has 0 aliphatic heterocycles. The van der Waals surface area contributed by atoms with Crippen LogP contribution >= 0.6 is 0 Å². The number of pyridine rings is 1. The van der Waals surface area contributed by atoms with Crippen LogP contribution in [0.25, 0.3) is 11.5 Å². The fourth-order valence-electron chi connectivity index (χ4n) is 2.36. The molecule has 3 aromatic rings. The molecule has 0 radical (unpaired) electrons.